The van der Waals surface area contributed by atoms with Gasteiger partial charge >= 0.3 is 0 Å². The fraction of sp³-hybridized carbons (Fsp3) is 0.613. The van der Waals surface area contributed by atoms with E-state index in [1.54, 1.807) is 28.8 Å². The Hall–Kier alpha value is -3.48. The Labute approximate surface area is 251 Å². The molecule has 2 N–H and O–H groups in total. The molecule has 5 heterocycles. The Bertz CT molecular complexity index is 1340. The minimum Gasteiger partial charge on any atom is -0.493 e. The van der Waals surface area contributed by atoms with Crippen molar-refractivity contribution in [2.45, 2.75) is 69.4 Å². The molecule has 4 aliphatic heterocycles. The summed E-state index contributed by atoms with van der Waals surface area (Å²) < 4.78 is 14.2. The molecule has 43 heavy (non-hydrogen) atoms. The highest BCUT2D eigenvalue weighted by atomic mass is 16.5. The first-order valence-corrected chi connectivity index (χ1v) is 15.4. The van der Waals surface area contributed by atoms with Gasteiger partial charge in [-0.05, 0) is 43.4 Å². The number of carbonyl (C=O) groups is 3. The molecule has 0 radical (unpaired) electrons. The van der Waals surface area contributed by atoms with Crippen LogP contribution in [0.15, 0.2) is 30.6 Å². The Morgan fingerprint density at radius 2 is 1.86 bits per heavy atom. The molecule has 3 saturated heterocycles. The molecule has 1 aromatic heterocycles. The fourth-order valence-electron chi connectivity index (χ4n) is 6.84. The van der Waals surface area contributed by atoms with E-state index >= 15 is 0 Å². The van der Waals surface area contributed by atoms with Crippen molar-refractivity contribution < 1.29 is 29.0 Å². The quantitative estimate of drug-likeness (QED) is 0.528. The van der Waals surface area contributed by atoms with E-state index in [2.05, 4.69) is 15.3 Å². The Balaban J connectivity index is 1.29. The highest BCUT2D eigenvalue weighted by Crippen LogP contribution is 2.31. The minimum atomic E-state index is -0.725. The number of hydrogen-bond donors (Lipinski definition) is 2. The molecule has 3 amide bonds. The maximum Gasteiger partial charge on any atom is 0.258 e. The number of piperazine rings is 1. The number of fused-ring (bicyclic) bond motifs is 4. The van der Waals surface area contributed by atoms with Crippen molar-refractivity contribution in [3.63, 3.8) is 0 Å². The Morgan fingerprint density at radius 1 is 1.05 bits per heavy atom. The lowest BCUT2D eigenvalue weighted by molar-refractivity contribution is -0.136. The number of aromatic nitrogens is 2. The summed E-state index contributed by atoms with van der Waals surface area (Å²) in [6.07, 6.45) is 5.94. The van der Waals surface area contributed by atoms with E-state index in [1.165, 1.54) is 0 Å². The number of amides is 3. The summed E-state index contributed by atoms with van der Waals surface area (Å²) in [6.45, 7) is 4.93. The van der Waals surface area contributed by atoms with Crippen LogP contribution in [0.2, 0.25) is 0 Å². The monoisotopic (exact) mass is 594 g/mol. The van der Waals surface area contributed by atoms with E-state index in [0.29, 0.717) is 69.9 Å². The van der Waals surface area contributed by atoms with Crippen molar-refractivity contribution in [2.75, 3.05) is 45.9 Å². The molecule has 2 aromatic rings. The molecule has 0 saturated carbocycles. The van der Waals surface area contributed by atoms with Gasteiger partial charge in [0, 0.05) is 77.5 Å². The third kappa shape index (κ3) is 6.41. The fourth-order valence-corrected chi connectivity index (χ4v) is 6.84. The summed E-state index contributed by atoms with van der Waals surface area (Å²) in [7, 11) is 1.86. The van der Waals surface area contributed by atoms with Crippen LogP contribution < -0.4 is 10.1 Å². The Kier molecular flexibility index (Phi) is 8.69. The van der Waals surface area contributed by atoms with E-state index < -0.39 is 18.2 Å². The molecule has 0 unspecified atom stereocenters. The van der Waals surface area contributed by atoms with Crippen molar-refractivity contribution in [2.24, 2.45) is 7.05 Å². The summed E-state index contributed by atoms with van der Waals surface area (Å²) in [4.78, 5) is 45.7. The van der Waals surface area contributed by atoms with Gasteiger partial charge in [-0.3, -0.25) is 24.0 Å². The van der Waals surface area contributed by atoms with E-state index in [-0.39, 0.29) is 36.4 Å². The van der Waals surface area contributed by atoms with Crippen LogP contribution in [-0.2, 0) is 21.4 Å². The lowest BCUT2D eigenvalue weighted by Gasteiger charge is -2.46. The molecule has 3 fully saturated rings. The third-order valence-corrected chi connectivity index (χ3v) is 9.41. The van der Waals surface area contributed by atoms with E-state index in [0.717, 1.165) is 24.0 Å². The van der Waals surface area contributed by atoms with Gasteiger partial charge in [0.2, 0.25) is 11.8 Å². The number of likely N-dealkylation sites (tertiary alicyclic amines) is 1. The van der Waals surface area contributed by atoms with Crippen LogP contribution >= 0.6 is 0 Å². The molecule has 12 nitrogen and oxygen atoms in total. The van der Waals surface area contributed by atoms with Gasteiger partial charge in [-0.2, -0.15) is 5.10 Å². The highest BCUT2D eigenvalue weighted by Gasteiger charge is 2.40. The number of hydrogen-bond acceptors (Lipinski definition) is 8. The number of ether oxygens (including phenoxy) is 2. The minimum absolute atomic E-state index is 0.0845. The number of rotatable bonds is 2. The number of aliphatic hydroxyl groups excluding tert-OH is 1. The van der Waals surface area contributed by atoms with Gasteiger partial charge in [-0.1, -0.05) is 6.07 Å². The molecule has 0 aliphatic carbocycles. The normalized spacial score (nSPS) is 27.9. The van der Waals surface area contributed by atoms with Gasteiger partial charge in [-0.25, -0.2) is 0 Å². The second kappa shape index (κ2) is 12.6. The highest BCUT2D eigenvalue weighted by molar-refractivity contribution is 6.00. The molecule has 6 rings (SSSR count). The lowest BCUT2D eigenvalue weighted by atomic mass is 9.98. The second-order valence-corrected chi connectivity index (χ2v) is 12.2. The zero-order chi connectivity index (χ0) is 30.1. The average molecular weight is 595 g/mol. The van der Waals surface area contributed by atoms with Crippen molar-refractivity contribution >= 4 is 17.7 Å². The molecule has 232 valence electrons. The number of aliphatic hydroxyl groups is 1. The second-order valence-electron chi connectivity index (χ2n) is 12.2. The summed E-state index contributed by atoms with van der Waals surface area (Å²) in [6, 6.07) is 5.06. The Morgan fingerprint density at radius 3 is 2.60 bits per heavy atom. The number of aryl methyl sites for hydroxylation is 1. The zero-order valence-corrected chi connectivity index (χ0v) is 25.0. The molecular weight excluding hydrogens is 552 g/mol. The van der Waals surface area contributed by atoms with Crippen LogP contribution in [0.3, 0.4) is 0 Å². The predicted molar refractivity (Wildman–Crippen MR) is 157 cm³/mol. The summed E-state index contributed by atoms with van der Waals surface area (Å²) in [5.41, 5.74) is 2.22. The van der Waals surface area contributed by atoms with Gasteiger partial charge in [0.05, 0.1) is 30.6 Å². The van der Waals surface area contributed by atoms with Crippen LogP contribution in [0.25, 0.3) is 11.1 Å². The number of piperidine rings is 1. The number of nitrogens with zero attached hydrogens (tertiary/aromatic N) is 5. The number of carbonyl (C=O) groups excluding carboxylic acids is 3. The van der Waals surface area contributed by atoms with E-state index in [9.17, 15) is 19.5 Å². The van der Waals surface area contributed by atoms with Crippen LogP contribution in [-0.4, -0.2) is 124 Å². The molecule has 4 atom stereocenters. The van der Waals surface area contributed by atoms with Crippen molar-refractivity contribution in [3.05, 3.63) is 36.2 Å². The maximum absolute atomic E-state index is 14.2. The van der Waals surface area contributed by atoms with Crippen molar-refractivity contribution in [3.8, 4) is 16.9 Å². The van der Waals surface area contributed by atoms with Gasteiger partial charge in [0.15, 0.2) is 0 Å². The molecule has 12 heteroatoms. The zero-order valence-electron chi connectivity index (χ0n) is 25.0. The predicted octanol–water partition coefficient (Wildman–Crippen LogP) is 1.03. The van der Waals surface area contributed by atoms with Gasteiger partial charge in [0.1, 0.15) is 17.9 Å². The van der Waals surface area contributed by atoms with Crippen LogP contribution in [0, 0.1) is 0 Å². The molecule has 2 bridgehead atoms. The molecule has 1 aromatic carbocycles. The van der Waals surface area contributed by atoms with Crippen molar-refractivity contribution in [1.29, 1.82) is 0 Å². The third-order valence-electron chi connectivity index (χ3n) is 9.41. The average Bonchev–Trinajstić information content (AvgIpc) is 3.46. The number of nitrogens with one attached hydrogen (secondary N) is 1. The first-order chi connectivity index (χ1) is 20.8. The van der Waals surface area contributed by atoms with Crippen molar-refractivity contribution in [1.82, 2.24) is 29.8 Å². The molecule has 4 aliphatic rings. The first kappa shape index (κ1) is 29.6. The standard InChI is InChI=1S/C31H42N6O6/c1-20(38)35-10-7-23(8-11-35)36-12-13-37-26(19-36)30(40)32-17-29-27(39)6-4-24(43-29)9-14-42-28-15-21(3-5-25(28)31(37)41)22-16-33-34(2)18-22/h3,5,15-16,18,23-24,26-27,29,39H,4,6-14,17,19H2,1-2H3,(H,32,40)/t24-,26-,27-,29+/m0/s1. The van der Waals surface area contributed by atoms with Gasteiger partial charge in [0.25, 0.3) is 5.91 Å². The SMILES string of the molecule is CC(=O)N1CCC(N2CCN3C(=O)c4ccc(-c5cnn(C)c5)cc4OCC[C@@H]4CC[C@H](O)[C@@H](CNC(=O)[C@@H]3C2)O4)CC1. The molecule has 0 spiro atoms. The van der Waals surface area contributed by atoms with Gasteiger partial charge < -0.3 is 29.7 Å². The van der Waals surface area contributed by atoms with E-state index in [4.69, 9.17) is 9.47 Å². The number of benzene rings is 1. The van der Waals surface area contributed by atoms with Crippen LogP contribution in [0.4, 0.5) is 0 Å². The smallest absolute Gasteiger partial charge is 0.258 e. The maximum atomic E-state index is 14.2. The summed E-state index contributed by atoms with van der Waals surface area (Å²) in [5.74, 6) is 0.0475. The van der Waals surface area contributed by atoms with Gasteiger partial charge in [-0.15, -0.1) is 0 Å². The molecular formula is C31H42N6O6. The first-order valence-electron chi connectivity index (χ1n) is 15.4. The van der Waals surface area contributed by atoms with E-state index in [1.807, 2.05) is 30.3 Å². The lowest BCUT2D eigenvalue weighted by Crippen LogP contribution is -2.63. The van der Waals surface area contributed by atoms with Crippen LogP contribution in [0.5, 0.6) is 5.75 Å². The summed E-state index contributed by atoms with van der Waals surface area (Å²) >= 11 is 0. The topological polar surface area (TPSA) is 129 Å². The summed E-state index contributed by atoms with van der Waals surface area (Å²) in [5, 5.41) is 17.9. The van der Waals surface area contributed by atoms with Crippen LogP contribution in [0.1, 0.15) is 49.4 Å². The largest absolute Gasteiger partial charge is 0.493 e.